The van der Waals surface area contributed by atoms with Crippen LogP contribution in [0.25, 0.3) is 0 Å². The van der Waals surface area contributed by atoms with E-state index in [9.17, 15) is 4.79 Å². The summed E-state index contributed by atoms with van der Waals surface area (Å²) in [5.74, 6) is 0.357. The number of amides is 1. The zero-order valence-electron chi connectivity index (χ0n) is 10.8. The molecule has 1 aromatic heterocycles. The van der Waals surface area contributed by atoms with Crippen molar-refractivity contribution in [3.05, 3.63) is 16.9 Å². The average Bonchev–Trinajstić information content (AvgIpc) is 2.75. The van der Waals surface area contributed by atoms with E-state index in [2.05, 4.69) is 25.9 Å². The third-order valence-corrected chi connectivity index (χ3v) is 3.53. The van der Waals surface area contributed by atoms with E-state index in [-0.39, 0.29) is 11.8 Å². The number of piperazine rings is 1. The SMILES string of the molecule is CC(C)C(=O)N1CCN(Cn2cc(Br)cn2)CC1. The molecule has 100 valence electrons. The number of hydrogen-bond acceptors (Lipinski definition) is 3. The number of aromatic nitrogens is 2. The van der Waals surface area contributed by atoms with E-state index in [1.54, 1.807) is 6.20 Å². The van der Waals surface area contributed by atoms with Crippen LogP contribution in [0.15, 0.2) is 16.9 Å². The topological polar surface area (TPSA) is 41.4 Å². The molecule has 1 aliphatic rings. The third-order valence-electron chi connectivity index (χ3n) is 3.12. The highest BCUT2D eigenvalue weighted by Crippen LogP contribution is 2.10. The summed E-state index contributed by atoms with van der Waals surface area (Å²) in [7, 11) is 0. The molecular formula is C12H19BrN4O. The molecule has 2 heterocycles. The number of halogens is 1. The minimum Gasteiger partial charge on any atom is -0.340 e. The largest absolute Gasteiger partial charge is 0.340 e. The fourth-order valence-electron chi connectivity index (χ4n) is 2.10. The van der Waals surface area contributed by atoms with Crippen molar-refractivity contribution in [3.8, 4) is 0 Å². The van der Waals surface area contributed by atoms with E-state index in [1.165, 1.54) is 0 Å². The quantitative estimate of drug-likeness (QED) is 0.847. The van der Waals surface area contributed by atoms with Gasteiger partial charge in [0.1, 0.15) is 0 Å². The second-order valence-electron chi connectivity index (χ2n) is 4.94. The van der Waals surface area contributed by atoms with Gasteiger partial charge in [-0.1, -0.05) is 13.8 Å². The Morgan fingerprint density at radius 2 is 2.06 bits per heavy atom. The smallest absolute Gasteiger partial charge is 0.225 e. The van der Waals surface area contributed by atoms with Crippen LogP contribution in [0, 0.1) is 5.92 Å². The predicted molar refractivity (Wildman–Crippen MR) is 72.9 cm³/mol. The fraction of sp³-hybridized carbons (Fsp3) is 0.667. The molecule has 0 N–H and O–H groups in total. The first-order valence-electron chi connectivity index (χ1n) is 6.25. The molecule has 1 aliphatic heterocycles. The van der Waals surface area contributed by atoms with Crippen LogP contribution in [-0.2, 0) is 11.5 Å². The normalized spacial score (nSPS) is 17.4. The van der Waals surface area contributed by atoms with Crippen molar-refractivity contribution >= 4 is 21.8 Å². The van der Waals surface area contributed by atoms with Gasteiger partial charge in [0.2, 0.25) is 5.91 Å². The summed E-state index contributed by atoms with van der Waals surface area (Å²) in [5.41, 5.74) is 0. The Kier molecular flexibility index (Phi) is 4.40. The van der Waals surface area contributed by atoms with Crippen LogP contribution >= 0.6 is 15.9 Å². The molecule has 0 aromatic carbocycles. The Bertz CT molecular complexity index is 410. The molecule has 0 atom stereocenters. The van der Waals surface area contributed by atoms with Crippen LogP contribution in [0.5, 0.6) is 0 Å². The Hall–Kier alpha value is -0.880. The molecule has 0 bridgehead atoms. The molecule has 1 amide bonds. The van der Waals surface area contributed by atoms with Crippen molar-refractivity contribution in [2.75, 3.05) is 26.2 Å². The number of carbonyl (C=O) groups is 1. The third kappa shape index (κ3) is 3.32. The van der Waals surface area contributed by atoms with E-state index in [1.807, 2.05) is 29.6 Å². The van der Waals surface area contributed by atoms with Crippen LogP contribution in [0.3, 0.4) is 0 Å². The minimum absolute atomic E-state index is 0.0959. The predicted octanol–water partition coefficient (Wildman–Crippen LogP) is 1.40. The summed E-state index contributed by atoms with van der Waals surface area (Å²) in [5, 5.41) is 4.24. The Labute approximate surface area is 116 Å². The maximum Gasteiger partial charge on any atom is 0.225 e. The first-order valence-corrected chi connectivity index (χ1v) is 7.04. The lowest BCUT2D eigenvalue weighted by molar-refractivity contribution is -0.136. The van der Waals surface area contributed by atoms with Gasteiger partial charge in [-0.15, -0.1) is 0 Å². The number of rotatable bonds is 3. The zero-order chi connectivity index (χ0) is 13.1. The number of nitrogens with zero attached hydrogens (tertiary/aromatic N) is 4. The molecule has 5 nitrogen and oxygen atoms in total. The van der Waals surface area contributed by atoms with E-state index in [4.69, 9.17) is 0 Å². The van der Waals surface area contributed by atoms with Gasteiger partial charge in [-0.05, 0) is 15.9 Å². The first-order chi connectivity index (χ1) is 8.56. The maximum atomic E-state index is 11.8. The number of carbonyl (C=O) groups excluding carboxylic acids is 1. The van der Waals surface area contributed by atoms with E-state index in [0.29, 0.717) is 0 Å². The van der Waals surface area contributed by atoms with Gasteiger partial charge in [0.15, 0.2) is 0 Å². The summed E-state index contributed by atoms with van der Waals surface area (Å²) >= 11 is 3.39. The van der Waals surface area contributed by atoms with Crippen molar-refractivity contribution in [3.63, 3.8) is 0 Å². The van der Waals surface area contributed by atoms with Crippen LogP contribution in [0.2, 0.25) is 0 Å². The van der Waals surface area contributed by atoms with Crippen LogP contribution < -0.4 is 0 Å². The van der Waals surface area contributed by atoms with Crippen molar-refractivity contribution in [2.45, 2.75) is 20.5 Å². The van der Waals surface area contributed by atoms with Crippen LogP contribution in [0.4, 0.5) is 0 Å². The second kappa shape index (κ2) is 5.84. The van der Waals surface area contributed by atoms with Gasteiger partial charge in [-0.3, -0.25) is 14.4 Å². The molecule has 0 aliphatic carbocycles. The highest BCUT2D eigenvalue weighted by atomic mass is 79.9. The summed E-state index contributed by atoms with van der Waals surface area (Å²) < 4.78 is 2.90. The van der Waals surface area contributed by atoms with Crippen molar-refractivity contribution in [1.29, 1.82) is 0 Å². The first kappa shape index (κ1) is 13.5. The molecule has 0 unspecified atom stereocenters. The summed E-state index contributed by atoms with van der Waals surface area (Å²) in [4.78, 5) is 16.1. The Balaban J connectivity index is 1.82. The van der Waals surface area contributed by atoms with Crippen molar-refractivity contribution in [2.24, 2.45) is 5.92 Å². The molecule has 2 rings (SSSR count). The fourth-order valence-corrected chi connectivity index (χ4v) is 2.42. The molecule has 1 aromatic rings. The Morgan fingerprint density at radius 1 is 1.39 bits per heavy atom. The van der Waals surface area contributed by atoms with E-state index < -0.39 is 0 Å². The summed E-state index contributed by atoms with van der Waals surface area (Å²) in [6.07, 6.45) is 3.75. The molecular weight excluding hydrogens is 296 g/mol. The Morgan fingerprint density at radius 3 is 2.56 bits per heavy atom. The van der Waals surface area contributed by atoms with Gasteiger partial charge in [-0.25, -0.2) is 0 Å². The van der Waals surface area contributed by atoms with Gasteiger partial charge >= 0.3 is 0 Å². The summed E-state index contributed by atoms with van der Waals surface area (Å²) in [6, 6.07) is 0. The standard InChI is InChI=1S/C12H19BrN4O/c1-10(2)12(18)16-5-3-15(4-6-16)9-17-8-11(13)7-14-17/h7-8,10H,3-6,9H2,1-2H3. The lowest BCUT2D eigenvalue weighted by Crippen LogP contribution is -2.50. The lowest BCUT2D eigenvalue weighted by atomic mass is 10.1. The molecule has 0 radical (unpaired) electrons. The molecule has 1 saturated heterocycles. The van der Waals surface area contributed by atoms with Gasteiger partial charge < -0.3 is 4.90 Å². The molecule has 18 heavy (non-hydrogen) atoms. The van der Waals surface area contributed by atoms with E-state index in [0.717, 1.165) is 37.3 Å². The van der Waals surface area contributed by atoms with Crippen LogP contribution in [-0.4, -0.2) is 51.7 Å². The molecule has 0 saturated carbocycles. The van der Waals surface area contributed by atoms with Gasteiger partial charge in [-0.2, -0.15) is 5.10 Å². The average molecular weight is 315 g/mol. The van der Waals surface area contributed by atoms with Gasteiger partial charge in [0, 0.05) is 38.3 Å². The zero-order valence-corrected chi connectivity index (χ0v) is 12.4. The van der Waals surface area contributed by atoms with Gasteiger partial charge in [0.25, 0.3) is 0 Å². The monoisotopic (exact) mass is 314 g/mol. The summed E-state index contributed by atoms with van der Waals surface area (Å²) in [6.45, 7) is 8.16. The van der Waals surface area contributed by atoms with Crippen molar-refractivity contribution < 1.29 is 4.79 Å². The second-order valence-corrected chi connectivity index (χ2v) is 5.85. The molecule has 6 heteroatoms. The van der Waals surface area contributed by atoms with Crippen molar-refractivity contribution in [1.82, 2.24) is 19.6 Å². The molecule has 0 spiro atoms. The maximum absolute atomic E-state index is 11.8. The number of hydrogen-bond donors (Lipinski definition) is 0. The highest BCUT2D eigenvalue weighted by Gasteiger charge is 2.22. The highest BCUT2D eigenvalue weighted by molar-refractivity contribution is 9.10. The molecule has 1 fully saturated rings. The van der Waals surface area contributed by atoms with E-state index >= 15 is 0 Å². The lowest BCUT2D eigenvalue weighted by Gasteiger charge is -2.35. The van der Waals surface area contributed by atoms with Gasteiger partial charge in [0.05, 0.1) is 17.3 Å². The van der Waals surface area contributed by atoms with Crippen LogP contribution in [0.1, 0.15) is 13.8 Å². The minimum atomic E-state index is 0.0959.